The number of anilines is 1. The normalized spacial score (nSPS) is 15.1. The Morgan fingerprint density at radius 1 is 1.22 bits per heavy atom. The highest BCUT2D eigenvalue weighted by Crippen LogP contribution is 2.26. The summed E-state index contributed by atoms with van der Waals surface area (Å²) in [6.07, 6.45) is 2.02. The first kappa shape index (κ1) is 15.8. The highest BCUT2D eigenvalue weighted by molar-refractivity contribution is 6.31. The molecular formula is C18H18ClFN2O. The van der Waals surface area contributed by atoms with Gasteiger partial charge in [-0.2, -0.15) is 0 Å². The summed E-state index contributed by atoms with van der Waals surface area (Å²) in [4.78, 5) is 12.5. The van der Waals surface area contributed by atoms with Crippen molar-refractivity contribution in [3.05, 3.63) is 64.4 Å². The van der Waals surface area contributed by atoms with E-state index >= 15 is 0 Å². The number of carbonyl (C=O) groups is 1. The van der Waals surface area contributed by atoms with E-state index < -0.39 is 6.04 Å². The predicted octanol–water partition coefficient (Wildman–Crippen LogP) is 4.22. The van der Waals surface area contributed by atoms with Gasteiger partial charge in [-0.1, -0.05) is 29.8 Å². The molecule has 1 aliphatic carbocycles. The smallest absolute Gasteiger partial charge is 0.247 e. The number of nitrogens with one attached hydrogen (secondary N) is 2. The standard InChI is InChI=1S/C18H18ClFN2O/c1-11-2-7-15(10-16(11)19)21-17(18(23)22-14-8-9-14)12-3-5-13(20)6-4-12/h2-7,10,14,17,21H,8-9H2,1H3,(H,22,23). The highest BCUT2D eigenvalue weighted by Gasteiger charge is 2.28. The van der Waals surface area contributed by atoms with Crippen molar-refractivity contribution in [2.45, 2.75) is 31.8 Å². The topological polar surface area (TPSA) is 41.1 Å². The lowest BCUT2D eigenvalue weighted by molar-refractivity contribution is -0.122. The van der Waals surface area contributed by atoms with Crippen molar-refractivity contribution in [3.63, 3.8) is 0 Å². The molecule has 1 saturated carbocycles. The fraction of sp³-hybridized carbons (Fsp3) is 0.278. The van der Waals surface area contributed by atoms with Crippen LogP contribution in [-0.4, -0.2) is 11.9 Å². The van der Waals surface area contributed by atoms with Crippen LogP contribution in [0.15, 0.2) is 42.5 Å². The molecule has 1 atom stereocenters. The lowest BCUT2D eigenvalue weighted by Crippen LogP contribution is -2.34. The van der Waals surface area contributed by atoms with Crippen molar-refractivity contribution in [2.24, 2.45) is 0 Å². The van der Waals surface area contributed by atoms with E-state index in [0.29, 0.717) is 10.6 Å². The van der Waals surface area contributed by atoms with Gasteiger partial charge >= 0.3 is 0 Å². The van der Waals surface area contributed by atoms with Gasteiger partial charge in [0.25, 0.3) is 0 Å². The Balaban J connectivity index is 1.85. The maximum absolute atomic E-state index is 13.2. The highest BCUT2D eigenvalue weighted by atomic mass is 35.5. The van der Waals surface area contributed by atoms with E-state index in [1.807, 2.05) is 19.1 Å². The van der Waals surface area contributed by atoms with E-state index in [2.05, 4.69) is 10.6 Å². The quantitative estimate of drug-likeness (QED) is 0.860. The molecule has 23 heavy (non-hydrogen) atoms. The Hall–Kier alpha value is -2.07. The minimum absolute atomic E-state index is 0.115. The van der Waals surface area contributed by atoms with Crippen LogP contribution >= 0.6 is 11.6 Å². The zero-order valence-corrected chi connectivity index (χ0v) is 13.5. The molecule has 1 aliphatic rings. The van der Waals surface area contributed by atoms with Gasteiger partial charge in [0.15, 0.2) is 0 Å². The maximum atomic E-state index is 13.2. The van der Waals surface area contributed by atoms with Gasteiger partial charge in [0.2, 0.25) is 5.91 Å². The average molecular weight is 333 g/mol. The molecule has 0 radical (unpaired) electrons. The first-order valence-electron chi connectivity index (χ1n) is 7.61. The molecule has 120 valence electrons. The summed E-state index contributed by atoms with van der Waals surface area (Å²) in [5.74, 6) is -0.440. The van der Waals surface area contributed by atoms with Gasteiger partial charge in [0, 0.05) is 16.8 Å². The molecule has 3 nitrogen and oxygen atoms in total. The molecule has 3 rings (SSSR count). The number of hydrogen-bond acceptors (Lipinski definition) is 2. The molecule has 0 saturated heterocycles. The van der Waals surface area contributed by atoms with E-state index in [9.17, 15) is 9.18 Å². The number of aryl methyl sites for hydroxylation is 1. The van der Waals surface area contributed by atoms with Crippen molar-refractivity contribution < 1.29 is 9.18 Å². The van der Waals surface area contributed by atoms with Gasteiger partial charge in [-0.05, 0) is 55.2 Å². The summed E-state index contributed by atoms with van der Waals surface area (Å²) >= 11 is 6.15. The number of carbonyl (C=O) groups excluding carboxylic acids is 1. The van der Waals surface area contributed by atoms with Crippen LogP contribution < -0.4 is 10.6 Å². The summed E-state index contributed by atoms with van der Waals surface area (Å²) in [5, 5.41) is 6.82. The van der Waals surface area contributed by atoms with Crippen LogP contribution in [0.1, 0.15) is 30.0 Å². The van der Waals surface area contributed by atoms with Gasteiger partial charge in [-0.15, -0.1) is 0 Å². The zero-order chi connectivity index (χ0) is 16.4. The third kappa shape index (κ3) is 4.02. The summed E-state index contributed by atoms with van der Waals surface area (Å²) in [7, 11) is 0. The van der Waals surface area contributed by atoms with Crippen LogP contribution in [0.4, 0.5) is 10.1 Å². The molecule has 0 spiro atoms. The van der Waals surface area contributed by atoms with Gasteiger partial charge in [0.1, 0.15) is 11.9 Å². The fourth-order valence-corrected chi connectivity index (χ4v) is 2.50. The molecule has 0 aromatic heterocycles. The summed E-state index contributed by atoms with van der Waals surface area (Å²) in [6, 6.07) is 11.2. The van der Waals surface area contributed by atoms with Crippen molar-refractivity contribution in [2.75, 3.05) is 5.32 Å². The molecule has 1 amide bonds. The van der Waals surface area contributed by atoms with Crippen LogP contribution in [0.25, 0.3) is 0 Å². The Labute approximate surface area is 139 Å². The molecule has 1 unspecified atom stereocenters. The van der Waals surface area contributed by atoms with Crippen LogP contribution in [0, 0.1) is 12.7 Å². The molecule has 2 N–H and O–H groups in total. The Kier molecular flexibility index (Phi) is 4.53. The van der Waals surface area contributed by atoms with Crippen molar-refractivity contribution in [3.8, 4) is 0 Å². The number of halogens is 2. The Morgan fingerprint density at radius 2 is 1.91 bits per heavy atom. The maximum Gasteiger partial charge on any atom is 0.247 e. The fourth-order valence-electron chi connectivity index (χ4n) is 2.32. The lowest BCUT2D eigenvalue weighted by Gasteiger charge is -2.20. The molecule has 2 aromatic rings. The SMILES string of the molecule is Cc1ccc(NC(C(=O)NC2CC2)c2ccc(F)cc2)cc1Cl. The third-order valence-electron chi connectivity index (χ3n) is 3.87. The van der Waals surface area contributed by atoms with E-state index in [1.165, 1.54) is 12.1 Å². The number of amides is 1. The van der Waals surface area contributed by atoms with Crippen LogP contribution in [-0.2, 0) is 4.79 Å². The van der Waals surface area contributed by atoms with Crippen molar-refractivity contribution in [1.82, 2.24) is 5.32 Å². The van der Waals surface area contributed by atoms with Crippen molar-refractivity contribution >= 4 is 23.2 Å². The first-order chi connectivity index (χ1) is 11.0. The second kappa shape index (κ2) is 6.59. The third-order valence-corrected chi connectivity index (χ3v) is 4.28. The number of hydrogen-bond donors (Lipinski definition) is 2. The van der Waals surface area contributed by atoms with Gasteiger partial charge in [-0.25, -0.2) is 4.39 Å². The summed E-state index contributed by atoms with van der Waals surface area (Å²) in [5.41, 5.74) is 2.43. The summed E-state index contributed by atoms with van der Waals surface area (Å²) in [6.45, 7) is 1.92. The second-order valence-corrected chi connectivity index (χ2v) is 6.28. The van der Waals surface area contributed by atoms with Crippen LogP contribution in [0.3, 0.4) is 0 Å². The molecule has 0 heterocycles. The minimum Gasteiger partial charge on any atom is -0.370 e. The predicted molar refractivity (Wildman–Crippen MR) is 90.1 cm³/mol. The molecule has 2 aromatic carbocycles. The first-order valence-corrected chi connectivity index (χ1v) is 7.99. The Bertz CT molecular complexity index is 713. The minimum atomic E-state index is -0.588. The van der Waals surface area contributed by atoms with E-state index in [1.54, 1.807) is 18.2 Å². The zero-order valence-electron chi connectivity index (χ0n) is 12.8. The monoisotopic (exact) mass is 332 g/mol. The van der Waals surface area contributed by atoms with Gasteiger partial charge < -0.3 is 10.6 Å². The van der Waals surface area contributed by atoms with E-state index in [-0.39, 0.29) is 17.8 Å². The number of benzene rings is 2. The van der Waals surface area contributed by atoms with E-state index in [4.69, 9.17) is 11.6 Å². The van der Waals surface area contributed by atoms with Crippen molar-refractivity contribution in [1.29, 1.82) is 0 Å². The van der Waals surface area contributed by atoms with E-state index in [0.717, 1.165) is 24.1 Å². The number of rotatable bonds is 5. The van der Waals surface area contributed by atoms with Crippen LogP contribution in [0.5, 0.6) is 0 Å². The Morgan fingerprint density at radius 3 is 2.52 bits per heavy atom. The molecular weight excluding hydrogens is 315 g/mol. The van der Waals surface area contributed by atoms with Gasteiger partial charge in [-0.3, -0.25) is 4.79 Å². The van der Waals surface area contributed by atoms with Gasteiger partial charge in [0.05, 0.1) is 0 Å². The molecule has 0 aliphatic heterocycles. The molecule has 0 bridgehead atoms. The molecule has 5 heteroatoms. The molecule has 1 fully saturated rings. The van der Waals surface area contributed by atoms with Crippen LogP contribution in [0.2, 0.25) is 5.02 Å². The second-order valence-electron chi connectivity index (χ2n) is 5.88. The lowest BCUT2D eigenvalue weighted by atomic mass is 10.1. The largest absolute Gasteiger partial charge is 0.370 e. The average Bonchev–Trinajstić information content (AvgIpc) is 3.33. The summed E-state index contributed by atoms with van der Waals surface area (Å²) < 4.78 is 13.2.